The molecule has 15 atom stereocenters. The number of nitrogens with one attached hydrogen (secondary N) is 11. The molecule has 0 radical (unpaired) electrons. The number of hydrogen-bond acceptors (Lipinski definition) is 22. The van der Waals surface area contributed by atoms with Crippen molar-refractivity contribution in [3.63, 3.8) is 0 Å². The number of primary amides is 1. The first-order chi connectivity index (χ1) is 53.5. The largest absolute Gasteiger partial charge is 0.490 e. The summed E-state index contributed by atoms with van der Waals surface area (Å²) in [5.41, 5.74) is 15.2. The molecule has 37 nitrogen and oxygen atoms in total. The predicted molar refractivity (Wildman–Crippen MR) is 408 cm³/mol. The fourth-order valence-electron chi connectivity index (χ4n) is 11.9. The lowest BCUT2D eigenvalue weighted by molar-refractivity contribution is -0.192. The van der Waals surface area contributed by atoms with Crippen LogP contribution in [0.1, 0.15) is 171 Å². The van der Waals surface area contributed by atoms with Crippen molar-refractivity contribution in [1.82, 2.24) is 58.5 Å². The number of amides is 12. The molecule has 0 aromatic heterocycles. The van der Waals surface area contributed by atoms with Crippen LogP contribution in [0, 0.1) is 23.7 Å². The fourth-order valence-corrected chi connectivity index (χ4v) is 11.9. The molecule has 1 aliphatic heterocycles. The van der Waals surface area contributed by atoms with E-state index >= 15 is 19.2 Å². The monoisotopic (exact) mass is 1640 g/mol. The van der Waals surface area contributed by atoms with Crippen LogP contribution in [0.3, 0.4) is 0 Å². The molecule has 115 heavy (non-hydrogen) atoms. The third-order valence-electron chi connectivity index (χ3n) is 18.0. The number of ether oxygens (including phenoxy) is 3. The number of rotatable bonds is 25. The highest BCUT2D eigenvalue weighted by molar-refractivity contribution is 6.00. The number of halogens is 3. The minimum Gasteiger partial charge on any atom is -0.488 e. The maximum Gasteiger partial charge on any atom is 0.490 e. The molecule has 1 saturated carbocycles. The predicted octanol–water partition coefficient (Wildman–Crippen LogP) is -0.937. The van der Waals surface area contributed by atoms with Gasteiger partial charge in [-0.2, -0.15) is 13.2 Å². The number of carboxylic acids is 1. The van der Waals surface area contributed by atoms with Gasteiger partial charge >= 0.3 is 24.2 Å². The first-order valence-electron chi connectivity index (χ1n) is 37.8. The van der Waals surface area contributed by atoms with E-state index in [0.717, 1.165) is 26.2 Å². The third kappa shape index (κ3) is 34.6. The van der Waals surface area contributed by atoms with Gasteiger partial charge in [0.25, 0.3) is 0 Å². The van der Waals surface area contributed by atoms with Gasteiger partial charge in [-0.05, 0) is 121 Å². The van der Waals surface area contributed by atoms with Gasteiger partial charge in [-0.25, -0.2) is 14.4 Å². The number of esters is 1. The van der Waals surface area contributed by atoms with Crippen LogP contribution in [-0.4, -0.2) is 230 Å². The first-order valence-corrected chi connectivity index (χ1v) is 37.8. The van der Waals surface area contributed by atoms with E-state index in [9.17, 15) is 76.7 Å². The van der Waals surface area contributed by atoms with Crippen molar-refractivity contribution in [1.29, 1.82) is 0 Å². The molecule has 22 N–H and O–H groups in total. The Morgan fingerprint density at radius 3 is 1.70 bits per heavy atom. The van der Waals surface area contributed by atoms with Crippen LogP contribution in [0.5, 0.6) is 5.75 Å². The SMILES string of the molecule is CC[C@H](C)[C@@H]1NC(=O)[C@@H](CCCN=C(N)N)NC(=O)[C@H](CC(C)C)NC(=O)[C@H]([C@H](O)C(C)C)NC(=O)[C@@H](NC(=O)[C@H](Cc2ccc(OC(C)(C)C)cc2)NC(=O)[C@H](CC2CCCCC2)NC(=O)OC(C)(C)C)[C@@H](c2ccccc2)OC(=O)[C@H](CO)NC(=O)[C@H]([C@H](O)C(N)=O)NC(=O)CNC(=O)[C@H]([C@H](C)O)NC1=O.O=C(O)C(F)(F)F. The average Bonchev–Trinajstić information content (AvgIpc) is 0.809. The summed E-state index contributed by atoms with van der Waals surface area (Å²) in [6.07, 6.45) is -10.8. The topological polar surface area (TPSA) is 591 Å². The number of carboxylic acid groups (broad SMARTS) is 1. The summed E-state index contributed by atoms with van der Waals surface area (Å²) >= 11 is 0. The second kappa shape index (κ2) is 46.2. The Bertz CT molecular complexity index is 3650. The number of nitrogens with zero attached hydrogens (tertiary/aromatic N) is 1. The molecule has 2 aliphatic rings. The smallest absolute Gasteiger partial charge is 0.488 e. The van der Waals surface area contributed by atoms with Crippen molar-refractivity contribution >= 4 is 89.0 Å². The van der Waals surface area contributed by atoms with E-state index in [-0.39, 0.29) is 62.5 Å². The summed E-state index contributed by atoms with van der Waals surface area (Å²) in [7, 11) is 0. The number of cyclic esters (lactones) is 1. The fraction of sp³-hybridized carbons (Fsp3) is 0.640. The van der Waals surface area contributed by atoms with Crippen molar-refractivity contribution in [2.24, 2.45) is 45.9 Å². The van der Waals surface area contributed by atoms with Gasteiger partial charge in [0.15, 0.2) is 24.2 Å². The van der Waals surface area contributed by atoms with Crippen molar-refractivity contribution in [2.45, 2.75) is 263 Å². The number of aliphatic hydroxyl groups excluding tert-OH is 4. The summed E-state index contributed by atoms with van der Waals surface area (Å²) in [4.78, 5) is 202. The standard InChI is InChI=1S/C73H115N15O20.C2HF3O2/c1-14-39(6)51-65(100)86-52(40(7)90)64(99)78-35-50(91)84-54(57(93)59(74)94)67(102)82-49(36-89)69(104)106-58(43-24-19-16-20-25-43)55(68(103)87-53(56(92)38(4)5)66(101)81-46(32-37(2)3)61(96)79-45(60(95)85-51)26-21-31-77-70(75)76)88-63(98)47(34-42-27-29-44(30-28-42)107-72(8,9)10)80-62(97)48(33-41-22-17-15-18-23-41)83-71(105)108-73(11,12)13;3-2(4,5)1(6)7/h16,19-20,24-25,27-30,37-41,45-49,51-58,89-90,92-93H,14-15,17-18,21-23,26,31-36H2,1-13H3,(H2,74,94)(H,78,99)(H,79,96)(H,80,97)(H,81,101)(H,82,102)(H,83,105)(H,84,91)(H,85,95)(H,86,100)(H,87,103)(H,88,98)(H4,75,76,77);(H,6,7)/t39-,40-,45+,46-,47-,48-,49-,51-,52-,53-,54-,55-,56+,57-,58+;/m0./s1. The van der Waals surface area contributed by atoms with E-state index in [2.05, 4.69) is 58.2 Å². The molecule has 2 fully saturated rings. The number of nitrogens with two attached hydrogens (primary N) is 3. The van der Waals surface area contributed by atoms with Gasteiger partial charge in [0.05, 0.1) is 25.4 Å². The van der Waals surface area contributed by atoms with Gasteiger partial charge in [-0.15, -0.1) is 0 Å². The van der Waals surface area contributed by atoms with E-state index in [4.69, 9.17) is 41.3 Å². The Morgan fingerprint density at radius 2 is 1.18 bits per heavy atom. The van der Waals surface area contributed by atoms with Crippen LogP contribution in [0.2, 0.25) is 0 Å². The zero-order valence-corrected chi connectivity index (χ0v) is 67.0. The van der Waals surface area contributed by atoms with Gasteiger partial charge in [0.1, 0.15) is 71.3 Å². The average molecular weight is 1640 g/mol. The Kier molecular flexibility index (Phi) is 39.6. The summed E-state index contributed by atoms with van der Waals surface area (Å²) in [5, 5.41) is 79.1. The number of hydrogen-bond donors (Lipinski definition) is 19. The lowest BCUT2D eigenvalue weighted by Crippen LogP contribution is -2.64. The number of carbonyl (C=O) groups excluding carboxylic acids is 13. The normalized spacial score (nSPS) is 22.9. The summed E-state index contributed by atoms with van der Waals surface area (Å²) in [6, 6.07) is -5.34. The number of benzene rings is 2. The molecule has 2 aromatic rings. The van der Waals surface area contributed by atoms with Crippen LogP contribution >= 0.6 is 0 Å². The quantitative estimate of drug-likeness (QED) is 0.0247. The van der Waals surface area contributed by atoms with Crippen molar-refractivity contribution in [3.8, 4) is 5.75 Å². The Morgan fingerprint density at radius 1 is 0.635 bits per heavy atom. The minimum absolute atomic E-state index is 0.0221. The van der Waals surface area contributed by atoms with E-state index in [1.54, 1.807) is 72.7 Å². The zero-order valence-electron chi connectivity index (χ0n) is 67.0. The maximum absolute atomic E-state index is 15.9. The molecule has 0 unspecified atom stereocenters. The van der Waals surface area contributed by atoms with E-state index in [1.807, 2.05) is 26.1 Å². The molecular formula is C75H116F3N15O22. The van der Waals surface area contributed by atoms with Gasteiger partial charge < -0.3 is 115 Å². The van der Waals surface area contributed by atoms with Gasteiger partial charge in [-0.3, -0.25) is 57.7 Å². The van der Waals surface area contributed by atoms with Crippen molar-refractivity contribution in [3.05, 3.63) is 65.7 Å². The number of aliphatic carboxylic acids is 1. The van der Waals surface area contributed by atoms with E-state index in [1.165, 1.54) is 44.2 Å². The first kappa shape index (κ1) is 98.7. The van der Waals surface area contributed by atoms with Crippen LogP contribution in [0.4, 0.5) is 18.0 Å². The minimum atomic E-state index is -5.08. The highest BCUT2D eigenvalue weighted by Gasteiger charge is 2.45. The molecule has 1 aliphatic carbocycles. The second-order valence-electron chi connectivity index (χ2n) is 31.0. The summed E-state index contributed by atoms with van der Waals surface area (Å²) in [5.74, 6) is -19.9. The highest BCUT2D eigenvalue weighted by Crippen LogP contribution is 2.29. The number of aliphatic imine (C=N–C) groups is 1. The van der Waals surface area contributed by atoms with Crippen LogP contribution in [-0.2, 0) is 78.2 Å². The lowest BCUT2D eigenvalue weighted by Gasteiger charge is -2.34. The van der Waals surface area contributed by atoms with Crippen LogP contribution in [0.15, 0.2) is 59.6 Å². The molecule has 4 rings (SSSR count). The molecule has 40 heteroatoms. The number of aliphatic hydroxyl groups is 4. The number of carbonyl (C=O) groups is 14. The number of alkyl carbamates (subject to hydrolysis) is 1. The highest BCUT2D eigenvalue weighted by atomic mass is 19.4. The Balaban J connectivity index is 0.00000465. The zero-order chi connectivity index (χ0) is 87.2. The molecule has 644 valence electrons. The number of alkyl halides is 3. The summed E-state index contributed by atoms with van der Waals surface area (Å²) < 4.78 is 49.5. The van der Waals surface area contributed by atoms with Crippen LogP contribution in [0.25, 0.3) is 0 Å². The van der Waals surface area contributed by atoms with Crippen LogP contribution < -0.4 is 80.4 Å². The molecule has 2 aromatic carbocycles. The van der Waals surface area contributed by atoms with E-state index in [0.29, 0.717) is 24.2 Å². The van der Waals surface area contributed by atoms with Gasteiger partial charge in [0, 0.05) is 13.0 Å². The van der Waals surface area contributed by atoms with Gasteiger partial charge in [-0.1, -0.05) is 123 Å². The van der Waals surface area contributed by atoms with Crippen molar-refractivity contribution in [2.75, 3.05) is 19.7 Å². The number of guanidine groups is 1. The molecule has 1 heterocycles. The Hall–Kier alpha value is -10.5. The van der Waals surface area contributed by atoms with Gasteiger partial charge in [0.2, 0.25) is 65.0 Å². The lowest BCUT2D eigenvalue weighted by atomic mass is 9.84. The summed E-state index contributed by atoms with van der Waals surface area (Å²) in [6.45, 7) is 18.5. The van der Waals surface area contributed by atoms with Crippen molar-refractivity contribution < 1.29 is 120 Å². The second-order valence-corrected chi connectivity index (χ2v) is 31.0. The molecular weight excluding hydrogens is 1520 g/mol. The van der Waals surface area contributed by atoms with E-state index < -0.39 is 216 Å². The molecule has 0 bridgehead atoms. The maximum atomic E-state index is 15.9. The Labute approximate surface area is 665 Å². The molecule has 12 amide bonds. The third-order valence-corrected chi connectivity index (χ3v) is 18.0. The molecule has 1 saturated heterocycles. The molecule has 0 spiro atoms.